The summed E-state index contributed by atoms with van der Waals surface area (Å²) in [6, 6.07) is 33.0. The molecule has 0 bridgehead atoms. The van der Waals surface area contributed by atoms with Crippen molar-refractivity contribution in [2.75, 3.05) is 0 Å². The van der Waals surface area contributed by atoms with Gasteiger partial charge in [-0.3, -0.25) is 14.9 Å². The van der Waals surface area contributed by atoms with Gasteiger partial charge in [0.2, 0.25) is 5.75 Å². The Balaban J connectivity index is 1.47. The third-order valence-electron chi connectivity index (χ3n) is 6.61. The lowest BCUT2D eigenvalue weighted by Gasteiger charge is -2.13. The molecule has 6 aromatic rings. The van der Waals surface area contributed by atoms with Crippen LogP contribution in [-0.2, 0) is 6.61 Å². The van der Waals surface area contributed by atoms with Crippen molar-refractivity contribution in [3.8, 4) is 17.1 Å². The first-order valence-corrected chi connectivity index (χ1v) is 13.5. The summed E-state index contributed by atoms with van der Waals surface area (Å²) < 4.78 is 7.80. The van der Waals surface area contributed by atoms with Crippen molar-refractivity contribution < 1.29 is 9.66 Å². The first-order chi connectivity index (χ1) is 20.0. The molecule has 6 rings (SSSR count). The molecule has 0 radical (unpaired) electrons. The number of nitrogens with zero attached hydrogens (tertiary/aromatic N) is 4. The molecule has 5 aromatic carbocycles. The summed E-state index contributed by atoms with van der Waals surface area (Å²) in [5, 5.41) is 19.0. The van der Waals surface area contributed by atoms with E-state index in [1.807, 2.05) is 78.9 Å². The van der Waals surface area contributed by atoms with Crippen LogP contribution in [0.3, 0.4) is 0 Å². The number of nitro groups is 1. The fraction of sp³-hybridized carbons (Fsp3) is 0.0312. The maximum absolute atomic E-state index is 13.6. The summed E-state index contributed by atoms with van der Waals surface area (Å²) in [4.78, 5) is 29.8. The number of fused-ring (bicyclic) bond motifs is 2. The summed E-state index contributed by atoms with van der Waals surface area (Å²) in [7, 11) is 0. The third-order valence-corrected chi connectivity index (χ3v) is 7.07. The number of ether oxygens (including phenoxy) is 1. The maximum Gasteiger partial charge on any atom is 0.312 e. The predicted molar refractivity (Wildman–Crippen MR) is 164 cm³/mol. The van der Waals surface area contributed by atoms with Crippen molar-refractivity contribution in [3.63, 3.8) is 0 Å². The highest BCUT2D eigenvalue weighted by Gasteiger charge is 2.21. The molecule has 1 heterocycles. The fourth-order valence-electron chi connectivity index (χ4n) is 4.68. The summed E-state index contributed by atoms with van der Waals surface area (Å²) >= 11 is 3.37. The maximum atomic E-state index is 13.6. The lowest BCUT2D eigenvalue weighted by molar-refractivity contribution is -0.386. The second-order valence-electron chi connectivity index (χ2n) is 9.21. The smallest absolute Gasteiger partial charge is 0.312 e. The molecule has 0 aliphatic heterocycles. The molecule has 0 aliphatic rings. The summed E-state index contributed by atoms with van der Waals surface area (Å²) in [5.74, 6) is 0.381. The van der Waals surface area contributed by atoms with Crippen LogP contribution in [0.15, 0.2) is 124 Å². The predicted octanol–water partition coefficient (Wildman–Crippen LogP) is 7.35. The Labute approximate surface area is 242 Å². The van der Waals surface area contributed by atoms with E-state index in [1.165, 1.54) is 17.0 Å². The molecule has 0 fully saturated rings. The van der Waals surface area contributed by atoms with Crippen LogP contribution in [0.5, 0.6) is 5.75 Å². The topological polar surface area (TPSA) is 99.6 Å². The molecule has 8 nitrogen and oxygen atoms in total. The van der Waals surface area contributed by atoms with E-state index >= 15 is 0 Å². The Morgan fingerprint density at radius 3 is 2.41 bits per heavy atom. The van der Waals surface area contributed by atoms with E-state index in [2.05, 4.69) is 21.0 Å². The molecule has 200 valence electrons. The van der Waals surface area contributed by atoms with Gasteiger partial charge in [0.25, 0.3) is 5.56 Å². The second kappa shape index (κ2) is 11.1. The summed E-state index contributed by atoms with van der Waals surface area (Å²) in [6.07, 6.45) is 1.39. The van der Waals surface area contributed by atoms with Gasteiger partial charge in [0.15, 0.2) is 5.82 Å². The molecule has 0 amide bonds. The quantitative estimate of drug-likeness (QED) is 0.108. The highest BCUT2D eigenvalue weighted by molar-refractivity contribution is 9.10. The van der Waals surface area contributed by atoms with Gasteiger partial charge in [0, 0.05) is 21.7 Å². The van der Waals surface area contributed by atoms with Crippen LogP contribution in [-0.4, -0.2) is 20.8 Å². The molecule has 0 atom stereocenters. The van der Waals surface area contributed by atoms with E-state index in [0.717, 1.165) is 16.3 Å². The van der Waals surface area contributed by atoms with Gasteiger partial charge in [0.1, 0.15) is 6.61 Å². The van der Waals surface area contributed by atoms with Gasteiger partial charge in [-0.25, -0.2) is 4.98 Å². The minimum atomic E-state index is -0.500. The number of benzene rings is 5. The highest BCUT2D eigenvalue weighted by atomic mass is 79.9. The molecule has 0 aliphatic carbocycles. The van der Waals surface area contributed by atoms with Gasteiger partial charge in [0.05, 0.1) is 22.0 Å². The number of hydrogen-bond acceptors (Lipinski definition) is 6. The normalized spacial score (nSPS) is 11.3. The summed E-state index contributed by atoms with van der Waals surface area (Å²) in [6.45, 7) is 0.0947. The van der Waals surface area contributed by atoms with Crippen LogP contribution in [0.2, 0.25) is 0 Å². The molecule has 0 N–H and O–H groups in total. The largest absolute Gasteiger partial charge is 0.481 e. The van der Waals surface area contributed by atoms with Crippen molar-refractivity contribution >= 4 is 49.5 Å². The van der Waals surface area contributed by atoms with Gasteiger partial charge in [-0.1, -0.05) is 101 Å². The number of hydrogen-bond donors (Lipinski definition) is 0. The zero-order valence-electron chi connectivity index (χ0n) is 21.5. The minimum Gasteiger partial charge on any atom is -0.481 e. The first kappa shape index (κ1) is 26.1. The first-order valence-electron chi connectivity index (χ1n) is 12.7. The van der Waals surface area contributed by atoms with Crippen LogP contribution in [0.4, 0.5) is 5.69 Å². The number of nitro benzene ring substituents is 1. The van der Waals surface area contributed by atoms with E-state index < -0.39 is 4.92 Å². The van der Waals surface area contributed by atoms with E-state index in [9.17, 15) is 14.9 Å². The summed E-state index contributed by atoms with van der Waals surface area (Å²) in [5.41, 5.74) is 1.84. The van der Waals surface area contributed by atoms with Crippen LogP contribution in [0, 0.1) is 10.1 Å². The van der Waals surface area contributed by atoms with Gasteiger partial charge in [-0.05, 0) is 34.5 Å². The van der Waals surface area contributed by atoms with Gasteiger partial charge >= 0.3 is 5.69 Å². The minimum absolute atomic E-state index is 0.0398. The molecule has 1 aromatic heterocycles. The van der Waals surface area contributed by atoms with Crippen LogP contribution >= 0.6 is 15.9 Å². The third kappa shape index (κ3) is 5.22. The molecular formula is C32H21BrN4O4. The van der Waals surface area contributed by atoms with Crippen molar-refractivity contribution in [2.24, 2.45) is 5.10 Å². The number of rotatable bonds is 7. The Morgan fingerprint density at radius 2 is 1.61 bits per heavy atom. The molecule has 0 saturated carbocycles. The average Bonchev–Trinajstić information content (AvgIpc) is 3.00. The molecule has 0 unspecified atom stereocenters. The van der Waals surface area contributed by atoms with E-state index in [1.54, 1.807) is 24.3 Å². The van der Waals surface area contributed by atoms with Gasteiger partial charge < -0.3 is 4.74 Å². The van der Waals surface area contributed by atoms with E-state index in [0.29, 0.717) is 32.3 Å². The number of para-hydroxylation sites is 1. The monoisotopic (exact) mass is 604 g/mol. The molecule has 0 spiro atoms. The van der Waals surface area contributed by atoms with Crippen molar-refractivity contribution in [2.45, 2.75) is 6.61 Å². The van der Waals surface area contributed by atoms with Crippen molar-refractivity contribution in [3.05, 3.63) is 145 Å². The standard InChI is InChI=1S/C32H21BrN4O4/c33-25-17-24(30(29(18-25)37(39)40)41-20-23-13-8-12-21-9-4-5-14-26(21)23)19-34-36-31(22-10-2-1-3-11-22)35-28-16-7-6-15-27(28)32(36)38/h1-19H,20H2. The van der Waals surface area contributed by atoms with Gasteiger partial charge in [-0.15, -0.1) is 0 Å². The average molecular weight is 605 g/mol. The number of halogens is 1. The van der Waals surface area contributed by atoms with Crippen molar-refractivity contribution in [1.82, 2.24) is 9.66 Å². The highest BCUT2D eigenvalue weighted by Crippen LogP contribution is 2.35. The Hall–Kier alpha value is -5.15. The van der Waals surface area contributed by atoms with Gasteiger partial charge in [-0.2, -0.15) is 9.78 Å². The van der Waals surface area contributed by atoms with Crippen LogP contribution < -0.4 is 10.3 Å². The van der Waals surface area contributed by atoms with E-state index in [-0.39, 0.29) is 23.6 Å². The molecule has 9 heteroatoms. The lowest BCUT2D eigenvalue weighted by atomic mass is 10.1. The Bertz CT molecular complexity index is 2020. The zero-order valence-corrected chi connectivity index (χ0v) is 23.1. The van der Waals surface area contributed by atoms with Crippen LogP contribution in [0.1, 0.15) is 11.1 Å². The molecule has 0 saturated heterocycles. The fourth-order valence-corrected chi connectivity index (χ4v) is 5.15. The Kier molecular flexibility index (Phi) is 7.09. The Morgan fingerprint density at radius 1 is 0.902 bits per heavy atom. The lowest BCUT2D eigenvalue weighted by Crippen LogP contribution is -2.20. The van der Waals surface area contributed by atoms with Crippen molar-refractivity contribution in [1.29, 1.82) is 0 Å². The van der Waals surface area contributed by atoms with E-state index in [4.69, 9.17) is 9.72 Å². The zero-order chi connectivity index (χ0) is 28.3. The molecular weight excluding hydrogens is 584 g/mol. The second-order valence-corrected chi connectivity index (χ2v) is 10.1. The molecule has 41 heavy (non-hydrogen) atoms. The number of aromatic nitrogens is 2. The SMILES string of the molecule is O=c1c2ccccc2nc(-c2ccccc2)n1N=Cc1cc(Br)cc([N+](=O)[O-])c1OCc1cccc2ccccc12. The van der Waals surface area contributed by atoms with Crippen LogP contribution in [0.25, 0.3) is 33.1 Å².